The second-order valence-corrected chi connectivity index (χ2v) is 11.1. The van der Waals surface area contributed by atoms with E-state index in [2.05, 4.69) is 10.4 Å². The van der Waals surface area contributed by atoms with Crippen LogP contribution in [0, 0.1) is 12.7 Å². The summed E-state index contributed by atoms with van der Waals surface area (Å²) >= 11 is 0. The Kier molecular flexibility index (Phi) is 12.5. The molecule has 0 saturated carbocycles. The molecule has 9 nitrogen and oxygen atoms in total. The number of aromatic nitrogens is 3. The van der Waals surface area contributed by atoms with Crippen molar-refractivity contribution in [2.45, 2.75) is 71.2 Å². The van der Waals surface area contributed by atoms with Crippen molar-refractivity contribution in [1.29, 1.82) is 0 Å². The third kappa shape index (κ3) is 8.46. The molecule has 44 heavy (non-hydrogen) atoms. The topological polar surface area (TPSA) is 130 Å². The number of aryl methyl sites for hydroxylation is 2. The van der Waals surface area contributed by atoms with Crippen LogP contribution >= 0.6 is 0 Å². The molecule has 4 aromatic rings. The summed E-state index contributed by atoms with van der Waals surface area (Å²) in [4.78, 5) is 25.1. The maximum absolute atomic E-state index is 14.1. The van der Waals surface area contributed by atoms with Gasteiger partial charge in [-0.1, -0.05) is 42.5 Å². The van der Waals surface area contributed by atoms with Crippen LogP contribution in [0.5, 0.6) is 0 Å². The van der Waals surface area contributed by atoms with Crippen molar-refractivity contribution in [3.63, 3.8) is 0 Å². The zero-order valence-corrected chi connectivity index (χ0v) is 27.9. The minimum absolute atomic E-state index is 0. The van der Waals surface area contributed by atoms with Crippen molar-refractivity contribution >= 4 is 11.9 Å². The van der Waals surface area contributed by atoms with Crippen LogP contribution in [0.4, 0.5) is 4.39 Å². The molecule has 2 aromatic heterocycles. The molecule has 4 rings (SSSR count). The number of nitrogens with zero attached hydrogens (tertiary/aromatic N) is 3. The van der Waals surface area contributed by atoms with Crippen molar-refractivity contribution in [2.24, 2.45) is 7.05 Å². The van der Waals surface area contributed by atoms with E-state index in [4.69, 9.17) is 5.11 Å². The molecule has 2 heterocycles. The predicted octanol–water partition coefficient (Wildman–Crippen LogP) is 2.15. The monoisotopic (exact) mass is 614 g/mol. The Bertz CT molecular complexity index is 1550. The zero-order chi connectivity index (χ0) is 31.3. The van der Waals surface area contributed by atoms with E-state index in [1.807, 2.05) is 68.8 Å². The first-order valence-corrected chi connectivity index (χ1v) is 14.4. The molecule has 0 aliphatic carbocycles. The van der Waals surface area contributed by atoms with Crippen molar-refractivity contribution in [2.75, 3.05) is 0 Å². The number of halogens is 1. The van der Waals surface area contributed by atoms with E-state index in [1.165, 1.54) is 12.1 Å². The second-order valence-electron chi connectivity index (χ2n) is 11.1. The van der Waals surface area contributed by atoms with Crippen LogP contribution < -0.4 is 34.9 Å². The summed E-state index contributed by atoms with van der Waals surface area (Å²) in [6.07, 6.45) is -2.18. The van der Waals surface area contributed by atoms with E-state index < -0.39 is 24.6 Å². The number of rotatable bonds is 13. The first-order valence-electron chi connectivity index (χ1n) is 14.4. The van der Waals surface area contributed by atoms with E-state index >= 15 is 0 Å². The number of aliphatic hydroxyl groups excluding tert-OH is 2. The molecule has 4 N–H and O–H groups in total. The van der Waals surface area contributed by atoms with E-state index in [9.17, 15) is 24.2 Å². The van der Waals surface area contributed by atoms with Crippen LogP contribution in [0.3, 0.4) is 0 Å². The van der Waals surface area contributed by atoms with Gasteiger partial charge < -0.3 is 26.6 Å². The van der Waals surface area contributed by atoms with Crippen molar-refractivity contribution < 1.29 is 60.3 Å². The van der Waals surface area contributed by atoms with Gasteiger partial charge in [-0.25, -0.2) is 4.39 Å². The first-order chi connectivity index (χ1) is 20.5. The number of benzene rings is 2. The number of hydrogen-bond acceptors (Lipinski definition) is 5. The molecule has 0 aliphatic rings. The Morgan fingerprint density at radius 3 is 2.20 bits per heavy atom. The Hall–Kier alpha value is -3.28. The molecule has 0 bridgehead atoms. The van der Waals surface area contributed by atoms with Crippen LogP contribution in [-0.2, 0) is 24.8 Å². The third-order valence-electron chi connectivity index (χ3n) is 7.50. The van der Waals surface area contributed by atoms with E-state index in [0.29, 0.717) is 23.2 Å². The summed E-state index contributed by atoms with van der Waals surface area (Å²) in [6, 6.07) is 17.4. The summed E-state index contributed by atoms with van der Waals surface area (Å²) in [5.74, 6) is -1.83. The van der Waals surface area contributed by atoms with E-state index in [-0.39, 0.29) is 68.1 Å². The molecule has 0 fully saturated rings. The number of carboxylic acids is 1. The Morgan fingerprint density at radius 1 is 1.00 bits per heavy atom. The maximum Gasteiger partial charge on any atom is 1.00 e. The fraction of sp³-hybridized carbons (Fsp3) is 0.364. The number of nitrogens with one attached hydrogen (secondary N) is 1. The Morgan fingerprint density at radius 2 is 1.64 bits per heavy atom. The van der Waals surface area contributed by atoms with E-state index in [1.54, 1.807) is 16.8 Å². The average Bonchev–Trinajstić information content (AvgIpc) is 3.47. The van der Waals surface area contributed by atoms with Gasteiger partial charge in [-0.3, -0.25) is 14.3 Å². The molecule has 230 valence electrons. The van der Waals surface area contributed by atoms with Crippen molar-refractivity contribution in [3.8, 4) is 22.3 Å². The van der Waals surface area contributed by atoms with Gasteiger partial charge >= 0.3 is 35.5 Å². The molecular weight excluding hydrogens is 574 g/mol. The van der Waals surface area contributed by atoms with Gasteiger partial charge in [0.25, 0.3) is 5.91 Å². The average molecular weight is 615 g/mol. The number of aliphatic hydroxyl groups is 2. The second kappa shape index (κ2) is 15.6. The van der Waals surface area contributed by atoms with E-state index in [0.717, 1.165) is 28.2 Å². The largest absolute Gasteiger partial charge is 1.00 e. The van der Waals surface area contributed by atoms with Gasteiger partial charge in [0.1, 0.15) is 11.5 Å². The molecule has 0 radical (unpaired) electrons. The SMILES string of the molecule is Cc1cc(CNC(=O)c2c(-c3ccccc3)c(-c3ccc(F)cc3)c(CC[C@@H](O)C[C@@H](O)CC(=O)O)n2C(C)C)nn1C.[H-].[Na+]. The number of carbonyl (C=O) groups excluding carboxylic acids is 1. The summed E-state index contributed by atoms with van der Waals surface area (Å²) in [7, 11) is 1.84. The quantitative estimate of drug-likeness (QED) is 0.171. The van der Waals surface area contributed by atoms with Crippen molar-refractivity contribution in [3.05, 3.63) is 89.3 Å². The normalized spacial score (nSPS) is 12.5. The molecule has 0 spiro atoms. The van der Waals surface area contributed by atoms with Crippen LogP contribution in [0.2, 0.25) is 0 Å². The Balaban J connectivity index is 0.00000353. The third-order valence-corrected chi connectivity index (χ3v) is 7.50. The molecule has 2 aromatic carbocycles. The van der Waals surface area contributed by atoms with Gasteiger partial charge in [-0.2, -0.15) is 5.10 Å². The summed E-state index contributed by atoms with van der Waals surface area (Å²) in [5, 5.41) is 37.3. The molecule has 1 amide bonds. The number of hydrogen-bond donors (Lipinski definition) is 4. The molecule has 0 aliphatic heterocycles. The molecule has 0 saturated heterocycles. The number of carboxylic acid groups (broad SMARTS) is 1. The number of amides is 1. The summed E-state index contributed by atoms with van der Waals surface area (Å²) in [6.45, 7) is 6.10. The van der Waals surface area contributed by atoms with Gasteiger partial charge in [0.15, 0.2) is 0 Å². The first kappa shape index (κ1) is 35.2. The smallest absolute Gasteiger partial charge is 1.00 e. The van der Waals surface area contributed by atoms with Gasteiger partial charge in [0.2, 0.25) is 0 Å². The van der Waals surface area contributed by atoms with Crippen LogP contribution in [0.15, 0.2) is 60.7 Å². The minimum Gasteiger partial charge on any atom is -1.00 e. The van der Waals surface area contributed by atoms with Crippen molar-refractivity contribution in [1.82, 2.24) is 19.7 Å². The van der Waals surface area contributed by atoms with Crippen LogP contribution in [0.25, 0.3) is 22.3 Å². The number of aliphatic carboxylic acids is 1. The maximum atomic E-state index is 14.1. The van der Waals surface area contributed by atoms with Gasteiger partial charge in [-0.05, 0) is 69.4 Å². The zero-order valence-electron chi connectivity index (χ0n) is 26.9. The van der Waals surface area contributed by atoms with Gasteiger partial charge in [-0.15, -0.1) is 0 Å². The fourth-order valence-electron chi connectivity index (χ4n) is 5.49. The summed E-state index contributed by atoms with van der Waals surface area (Å²) in [5.41, 5.74) is 5.84. The van der Waals surface area contributed by atoms with Gasteiger partial charge in [0, 0.05) is 35.6 Å². The van der Waals surface area contributed by atoms with Crippen LogP contribution in [0.1, 0.15) is 68.1 Å². The fourth-order valence-corrected chi connectivity index (χ4v) is 5.49. The minimum atomic E-state index is -1.18. The number of carbonyl (C=O) groups is 2. The molecule has 2 atom stereocenters. The van der Waals surface area contributed by atoms with Gasteiger partial charge in [0.05, 0.1) is 30.9 Å². The predicted molar refractivity (Wildman–Crippen MR) is 163 cm³/mol. The molecule has 0 unspecified atom stereocenters. The standard InChI is InChI=1S/C33H39FN4O5.Na.H/c1-20(2)38-28(15-14-26(39)17-27(40)18-29(41)42)30(23-10-12-24(34)13-11-23)31(22-8-6-5-7-9-22)32(38)33(43)35-19-25-16-21(3)37(4)36-25;;/h5-13,16,20,26-27,39-40H,14-15,17-19H2,1-4H3,(H,35,43)(H,41,42);;/q;+1;-1/t26-,27-;;/m1../s1. The molecular formula is C33H40FN4NaO5. The summed E-state index contributed by atoms with van der Waals surface area (Å²) < 4.78 is 17.8. The Labute approximate surface area is 280 Å². The molecule has 11 heteroatoms. The van der Waals surface area contributed by atoms with Crippen LogP contribution in [-0.4, -0.2) is 53.8 Å².